The molecule has 0 radical (unpaired) electrons. The first-order valence-corrected chi connectivity index (χ1v) is 9.06. The molecule has 1 aliphatic heterocycles. The molecule has 1 amide bonds. The highest BCUT2D eigenvalue weighted by atomic mass is 16.7. The summed E-state index contributed by atoms with van der Waals surface area (Å²) < 4.78 is 15.3. The number of rotatable bonds is 7. The second-order valence-corrected chi connectivity index (χ2v) is 6.70. The van der Waals surface area contributed by atoms with E-state index in [0.717, 1.165) is 17.2 Å². The number of aryl methyl sites for hydroxylation is 1. The molecule has 0 saturated heterocycles. The van der Waals surface area contributed by atoms with E-state index in [2.05, 4.69) is 0 Å². The number of benzene rings is 2. The van der Waals surface area contributed by atoms with Crippen molar-refractivity contribution in [1.29, 1.82) is 0 Å². The van der Waals surface area contributed by atoms with Crippen molar-refractivity contribution >= 4 is 23.6 Å². The van der Waals surface area contributed by atoms with Crippen LogP contribution < -0.4 is 9.47 Å². The van der Waals surface area contributed by atoms with Crippen LogP contribution >= 0.6 is 0 Å². The van der Waals surface area contributed by atoms with Crippen LogP contribution in [0, 0.1) is 17.0 Å². The number of likely N-dealkylation sites (N-methyl/N-ethyl adjacent to an activating group) is 1. The van der Waals surface area contributed by atoms with Crippen LogP contribution in [0.25, 0.3) is 6.08 Å². The Balaban J connectivity index is 1.56. The maximum absolute atomic E-state index is 12.2. The van der Waals surface area contributed by atoms with E-state index >= 15 is 0 Å². The number of carbonyl (C=O) groups is 2. The Morgan fingerprint density at radius 2 is 1.87 bits per heavy atom. The predicted octanol–water partition coefficient (Wildman–Crippen LogP) is 2.85. The highest BCUT2D eigenvalue weighted by molar-refractivity contribution is 5.90. The maximum Gasteiger partial charge on any atom is 0.331 e. The Bertz CT molecular complexity index is 999. The van der Waals surface area contributed by atoms with Gasteiger partial charge in [-0.15, -0.1) is 0 Å². The summed E-state index contributed by atoms with van der Waals surface area (Å²) in [5, 5.41) is 11.2. The second-order valence-electron chi connectivity index (χ2n) is 6.70. The van der Waals surface area contributed by atoms with Gasteiger partial charge in [0.15, 0.2) is 18.1 Å². The lowest BCUT2D eigenvalue weighted by atomic mass is 10.1. The van der Waals surface area contributed by atoms with Gasteiger partial charge < -0.3 is 19.1 Å². The molecule has 0 unspecified atom stereocenters. The summed E-state index contributed by atoms with van der Waals surface area (Å²) in [6.07, 6.45) is 2.26. The Labute approximate surface area is 172 Å². The molecule has 156 valence electrons. The smallest absolute Gasteiger partial charge is 0.331 e. The number of nitro groups is 1. The summed E-state index contributed by atoms with van der Waals surface area (Å²) in [4.78, 5) is 36.2. The SMILES string of the molecule is Cc1ccc(CN(C)C(=O)COC(=O)/C=C/c2cc3c(cc2[N+](=O)[O-])OCO3)cc1. The number of carbonyl (C=O) groups excluding carboxylic acids is 2. The molecule has 0 aliphatic carbocycles. The van der Waals surface area contributed by atoms with Crippen molar-refractivity contribution in [1.82, 2.24) is 4.90 Å². The first kappa shape index (κ1) is 20.8. The fraction of sp³-hybridized carbons (Fsp3) is 0.238. The Hall–Kier alpha value is -3.88. The van der Waals surface area contributed by atoms with Crippen molar-refractivity contribution < 1.29 is 28.7 Å². The van der Waals surface area contributed by atoms with Crippen LogP contribution in [0.3, 0.4) is 0 Å². The summed E-state index contributed by atoms with van der Waals surface area (Å²) in [7, 11) is 1.61. The van der Waals surface area contributed by atoms with Gasteiger partial charge >= 0.3 is 5.97 Å². The van der Waals surface area contributed by atoms with E-state index in [-0.39, 0.29) is 29.7 Å². The van der Waals surface area contributed by atoms with Crippen molar-refractivity contribution in [3.8, 4) is 11.5 Å². The van der Waals surface area contributed by atoms with Gasteiger partial charge in [-0.3, -0.25) is 14.9 Å². The number of hydrogen-bond acceptors (Lipinski definition) is 7. The van der Waals surface area contributed by atoms with Crippen molar-refractivity contribution in [3.05, 3.63) is 69.3 Å². The lowest BCUT2D eigenvalue weighted by Crippen LogP contribution is -2.30. The van der Waals surface area contributed by atoms with E-state index < -0.39 is 17.5 Å². The van der Waals surface area contributed by atoms with Crippen LogP contribution in [-0.2, 0) is 20.9 Å². The van der Waals surface area contributed by atoms with Crippen LogP contribution in [0.15, 0.2) is 42.5 Å². The summed E-state index contributed by atoms with van der Waals surface area (Å²) in [5.74, 6) is -0.546. The van der Waals surface area contributed by atoms with E-state index in [1.165, 1.54) is 23.1 Å². The minimum atomic E-state index is -0.793. The lowest BCUT2D eigenvalue weighted by molar-refractivity contribution is -0.385. The Morgan fingerprint density at radius 3 is 2.53 bits per heavy atom. The van der Waals surface area contributed by atoms with Crippen molar-refractivity contribution in [3.63, 3.8) is 0 Å². The third kappa shape index (κ3) is 5.13. The average Bonchev–Trinajstić information content (AvgIpc) is 3.18. The van der Waals surface area contributed by atoms with E-state index in [4.69, 9.17) is 14.2 Å². The molecule has 0 fully saturated rings. The van der Waals surface area contributed by atoms with Gasteiger partial charge in [0.2, 0.25) is 6.79 Å². The molecule has 0 aromatic heterocycles. The van der Waals surface area contributed by atoms with Gasteiger partial charge in [-0.2, -0.15) is 0 Å². The van der Waals surface area contributed by atoms with Crippen LogP contribution in [0.4, 0.5) is 5.69 Å². The van der Waals surface area contributed by atoms with Crippen LogP contribution in [-0.4, -0.2) is 42.1 Å². The second kappa shape index (κ2) is 9.08. The zero-order valence-electron chi connectivity index (χ0n) is 16.5. The number of nitro benzene ring substituents is 1. The zero-order chi connectivity index (χ0) is 21.7. The number of amides is 1. The lowest BCUT2D eigenvalue weighted by Gasteiger charge is -2.17. The number of esters is 1. The molecular weight excluding hydrogens is 392 g/mol. The molecule has 0 atom stereocenters. The van der Waals surface area contributed by atoms with E-state index in [0.29, 0.717) is 12.3 Å². The van der Waals surface area contributed by atoms with E-state index in [9.17, 15) is 19.7 Å². The molecular formula is C21H20N2O7. The predicted molar refractivity (Wildman–Crippen MR) is 107 cm³/mol. The molecule has 0 bridgehead atoms. The third-order valence-electron chi connectivity index (χ3n) is 4.42. The van der Waals surface area contributed by atoms with Crippen LogP contribution in [0.1, 0.15) is 16.7 Å². The largest absolute Gasteiger partial charge is 0.454 e. The molecule has 0 spiro atoms. The molecule has 1 heterocycles. The normalized spacial score (nSPS) is 12.1. The fourth-order valence-electron chi connectivity index (χ4n) is 2.74. The average molecular weight is 412 g/mol. The Morgan fingerprint density at radius 1 is 1.20 bits per heavy atom. The highest BCUT2D eigenvalue weighted by Gasteiger charge is 2.22. The Kier molecular flexibility index (Phi) is 6.31. The van der Waals surface area contributed by atoms with Gasteiger partial charge in [0.05, 0.1) is 16.6 Å². The first-order chi connectivity index (χ1) is 14.3. The van der Waals surface area contributed by atoms with Crippen LogP contribution in [0.5, 0.6) is 11.5 Å². The molecule has 9 nitrogen and oxygen atoms in total. The molecule has 30 heavy (non-hydrogen) atoms. The standard InChI is InChI=1S/C21H20N2O7/c1-14-3-5-15(6-4-14)11-22(2)20(24)12-28-21(25)8-7-16-9-18-19(30-13-29-18)10-17(16)23(26)27/h3-10H,11-13H2,1-2H3/b8-7+. The first-order valence-electron chi connectivity index (χ1n) is 9.06. The fourth-order valence-corrected chi connectivity index (χ4v) is 2.74. The van der Waals surface area contributed by atoms with E-state index in [1.807, 2.05) is 31.2 Å². The molecule has 2 aromatic carbocycles. The number of ether oxygens (including phenoxy) is 3. The molecule has 3 rings (SSSR count). The number of nitrogens with zero attached hydrogens (tertiary/aromatic N) is 2. The van der Waals surface area contributed by atoms with Gasteiger partial charge in [0, 0.05) is 19.7 Å². The van der Waals surface area contributed by atoms with E-state index in [1.54, 1.807) is 7.05 Å². The third-order valence-corrected chi connectivity index (χ3v) is 4.42. The molecule has 0 saturated carbocycles. The van der Waals surface area contributed by atoms with Gasteiger partial charge in [0.25, 0.3) is 11.6 Å². The molecule has 1 aliphatic rings. The summed E-state index contributed by atoms with van der Waals surface area (Å²) >= 11 is 0. The quantitative estimate of drug-likeness (QED) is 0.298. The minimum Gasteiger partial charge on any atom is -0.454 e. The number of fused-ring (bicyclic) bond motifs is 1. The summed E-state index contributed by atoms with van der Waals surface area (Å²) in [6.45, 7) is 1.90. The van der Waals surface area contributed by atoms with Gasteiger partial charge in [-0.1, -0.05) is 29.8 Å². The molecule has 0 N–H and O–H groups in total. The van der Waals surface area contributed by atoms with Gasteiger partial charge in [-0.05, 0) is 24.6 Å². The zero-order valence-corrected chi connectivity index (χ0v) is 16.5. The maximum atomic E-state index is 12.2. The minimum absolute atomic E-state index is 0.0279. The van der Waals surface area contributed by atoms with Gasteiger partial charge in [-0.25, -0.2) is 4.79 Å². The van der Waals surface area contributed by atoms with Crippen LogP contribution in [0.2, 0.25) is 0 Å². The highest BCUT2D eigenvalue weighted by Crippen LogP contribution is 2.38. The topological polar surface area (TPSA) is 108 Å². The van der Waals surface area contributed by atoms with Gasteiger partial charge in [0.1, 0.15) is 0 Å². The monoisotopic (exact) mass is 412 g/mol. The molecule has 9 heteroatoms. The molecule has 2 aromatic rings. The number of hydrogen-bond donors (Lipinski definition) is 0. The summed E-state index contributed by atoms with van der Waals surface area (Å²) in [5.41, 5.74) is 2.00. The van der Waals surface area contributed by atoms with Crippen molar-refractivity contribution in [2.75, 3.05) is 20.4 Å². The van der Waals surface area contributed by atoms with Crippen molar-refractivity contribution in [2.45, 2.75) is 13.5 Å². The summed E-state index contributed by atoms with van der Waals surface area (Å²) in [6, 6.07) is 10.4. The van der Waals surface area contributed by atoms with Crippen molar-refractivity contribution in [2.24, 2.45) is 0 Å².